The molecule has 3 aromatic heterocycles. The summed E-state index contributed by atoms with van der Waals surface area (Å²) in [6.07, 6.45) is 5.45. The van der Waals surface area contributed by atoms with E-state index in [1.165, 1.54) is 10.5 Å². The summed E-state index contributed by atoms with van der Waals surface area (Å²) in [6.45, 7) is 1.98. The van der Waals surface area contributed by atoms with Crippen LogP contribution in [0.1, 0.15) is 40.2 Å². The number of fused-ring (bicyclic) bond motifs is 2. The number of aromatic amines is 1. The number of hydrogen-bond acceptors (Lipinski definition) is 4. The second kappa shape index (κ2) is 7.24. The number of hydrogen-bond donors (Lipinski definition) is 1. The van der Waals surface area contributed by atoms with Crippen molar-refractivity contribution in [1.82, 2.24) is 14.6 Å². The number of H-pyrrole nitrogens is 1. The Morgan fingerprint density at radius 3 is 2.75 bits per heavy atom. The minimum absolute atomic E-state index is 0. The van der Waals surface area contributed by atoms with Crippen molar-refractivity contribution in [3.8, 4) is 11.1 Å². The van der Waals surface area contributed by atoms with Gasteiger partial charge in [0.05, 0.1) is 28.8 Å². The number of aromatic nitrogens is 3. The zero-order valence-corrected chi connectivity index (χ0v) is 18.8. The largest absolute Gasteiger partial charge is 1.00 e. The van der Waals surface area contributed by atoms with E-state index in [0.29, 0.717) is 5.92 Å². The first-order chi connectivity index (χ1) is 13.0. The van der Waals surface area contributed by atoms with Gasteiger partial charge in [-0.05, 0) is 72.2 Å². The fraction of sp³-hybridized carbons (Fsp3) is 0.190. The van der Waals surface area contributed by atoms with Gasteiger partial charge in [0.25, 0.3) is 5.56 Å². The van der Waals surface area contributed by atoms with E-state index in [1.807, 2.05) is 25.1 Å². The number of aryl methyl sites for hydroxylation is 1. The number of carboxylic acid groups (broad SMARTS) is 1. The van der Waals surface area contributed by atoms with Crippen molar-refractivity contribution in [2.24, 2.45) is 0 Å². The Hall–Kier alpha value is -1.77. The number of nitrogens with one attached hydrogen (secondary N) is 1. The molecule has 0 spiro atoms. The Labute approximate surface area is 203 Å². The molecule has 0 bridgehead atoms. The number of carbonyl (C=O) groups is 1. The Kier molecular flexibility index (Phi) is 5.05. The molecule has 1 saturated carbocycles. The molecular weight excluding hydrogens is 381 g/mol. The minimum atomic E-state index is -1.43. The molecule has 0 radical (unpaired) electrons. The normalized spacial score (nSPS) is 13.6. The standard InChI is InChI=1S/C21H17N3O3.K/c1-11-15(13-4-5-18-14(8-13)10-22-23-18)6-7-24-19(11)16(12-2-3-12)9-17(20(24)25)21(26)27;/h4-10,12H,2-3H2,1H3,(H,22,23)(H,26,27);/q;+1/p-1. The molecule has 0 unspecified atom stereocenters. The predicted octanol–water partition coefficient (Wildman–Crippen LogP) is -0.604. The second-order valence-corrected chi connectivity index (χ2v) is 7.13. The molecule has 0 saturated heterocycles. The van der Waals surface area contributed by atoms with Gasteiger partial charge in [-0.2, -0.15) is 5.10 Å². The van der Waals surface area contributed by atoms with Crippen molar-refractivity contribution in [2.75, 3.05) is 0 Å². The third kappa shape index (κ3) is 3.07. The maximum atomic E-state index is 12.6. The summed E-state index contributed by atoms with van der Waals surface area (Å²) in [5.41, 5.74) is 4.86. The third-order valence-corrected chi connectivity index (χ3v) is 5.40. The van der Waals surface area contributed by atoms with Crippen LogP contribution in [0.2, 0.25) is 0 Å². The van der Waals surface area contributed by atoms with E-state index in [-0.39, 0.29) is 56.9 Å². The number of carboxylic acids is 1. The SMILES string of the molecule is Cc1c(-c2ccc3[nH]ncc3c2)ccn2c(=O)c(C(=O)[O-])cc(C3CC3)c12.[K+]. The average Bonchev–Trinajstić information content (AvgIpc) is 3.39. The molecule has 4 aromatic rings. The molecule has 134 valence electrons. The molecule has 1 fully saturated rings. The first kappa shape index (κ1) is 19.5. The topological polar surface area (TPSA) is 90.3 Å². The zero-order valence-electron chi connectivity index (χ0n) is 15.7. The number of carbonyl (C=O) groups excluding carboxylic acids is 1. The quantitative estimate of drug-likeness (QED) is 0.467. The van der Waals surface area contributed by atoms with E-state index in [9.17, 15) is 14.7 Å². The molecule has 0 amide bonds. The Morgan fingerprint density at radius 1 is 1.25 bits per heavy atom. The van der Waals surface area contributed by atoms with Crippen molar-refractivity contribution in [3.05, 3.63) is 69.8 Å². The smallest absolute Gasteiger partial charge is 0.545 e. The third-order valence-electron chi connectivity index (χ3n) is 5.40. The molecule has 1 aliphatic carbocycles. The molecule has 5 rings (SSSR count). The number of benzene rings is 1. The molecule has 1 aromatic carbocycles. The van der Waals surface area contributed by atoms with Crippen LogP contribution in [-0.4, -0.2) is 20.6 Å². The number of rotatable bonds is 3. The summed E-state index contributed by atoms with van der Waals surface area (Å²) in [7, 11) is 0. The van der Waals surface area contributed by atoms with Crippen LogP contribution in [0.5, 0.6) is 0 Å². The van der Waals surface area contributed by atoms with E-state index in [1.54, 1.807) is 12.4 Å². The molecule has 0 atom stereocenters. The summed E-state index contributed by atoms with van der Waals surface area (Å²) < 4.78 is 1.45. The average molecular weight is 397 g/mol. The molecule has 7 heteroatoms. The maximum absolute atomic E-state index is 12.6. The Balaban J connectivity index is 0.00000192. The first-order valence-electron chi connectivity index (χ1n) is 8.88. The van der Waals surface area contributed by atoms with Gasteiger partial charge in [0.1, 0.15) is 0 Å². The molecule has 1 aliphatic rings. The van der Waals surface area contributed by atoms with Gasteiger partial charge in [-0.25, -0.2) is 0 Å². The van der Waals surface area contributed by atoms with E-state index in [4.69, 9.17) is 0 Å². The van der Waals surface area contributed by atoms with Crippen LogP contribution < -0.4 is 62.1 Å². The zero-order chi connectivity index (χ0) is 18.7. The summed E-state index contributed by atoms with van der Waals surface area (Å²) in [4.78, 5) is 24.0. The fourth-order valence-corrected chi connectivity index (χ4v) is 3.87. The Morgan fingerprint density at radius 2 is 2.04 bits per heavy atom. The summed E-state index contributed by atoms with van der Waals surface area (Å²) in [5.74, 6) is -1.13. The van der Waals surface area contributed by atoms with E-state index in [2.05, 4.69) is 16.3 Å². The van der Waals surface area contributed by atoms with E-state index >= 15 is 0 Å². The van der Waals surface area contributed by atoms with Crippen LogP contribution in [-0.2, 0) is 0 Å². The molecule has 6 nitrogen and oxygen atoms in total. The molecule has 3 heterocycles. The summed E-state index contributed by atoms with van der Waals surface area (Å²) in [5, 5.41) is 19.4. The van der Waals surface area contributed by atoms with Crippen LogP contribution >= 0.6 is 0 Å². The van der Waals surface area contributed by atoms with Crippen LogP contribution in [0, 0.1) is 6.92 Å². The van der Waals surface area contributed by atoms with Gasteiger partial charge in [-0.3, -0.25) is 14.3 Å². The molecule has 28 heavy (non-hydrogen) atoms. The molecule has 1 N–H and O–H groups in total. The first-order valence-corrected chi connectivity index (χ1v) is 8.88. The fourth-order valence-electron chi connectivity index (χ4n) is 3.87. The molecular formula is C21H16KN3O3. The Bertz CT molecular complexity index is 1300. The minimum Gasteiger partial charge on any atom is -0.545 e. The van der Waals surface area contributed by atoms with Crippen molar-refractivity contribution in [1.29, 1.82) is 0 Å². The monoisotopic (exact) mass is 397 g/mol. The van der Waals surface area contributed by atoms with Crippen molar-refractivity contribution < 1.29 is 61.3 Å². The summed E-state index contributed by atoms with van der Waals surface area (Å²) in [6, 6.07) is 9.43. The van der Waals surface area contributed by atoms with Gasteiger partial charge in [0.2, 0.25) is 0 Å². The van der Waals surface area contributed by atoms with Crippen LogP contribution in [0.3, 0.4) is 0 Å². The predicted molar refractivity (Wildman–Crippen MR) is 99.8 cm³/mol. The van der Waals surface area contributed by atoms with Crippen molar-refractivity contribution >= 4 is 22.4 Å². The van der Waals surface area contributed by atoms with Gasteiger partial charge >= 0.3 is 51.4 Å². The van der Waals surface area contributed by atoms with Crippen LogP contribution in [0.15, 0.2) is 47.5 Å². The van der Waals surface area contributed by atoms with E-state index < -0.39 is 11.5 Å². The van der Waals surface area contributed by atoms with Gasteiger partial charge in [-0.1, -0.05) is 6.07 Å². The number of nitrogens with zero attached hydrogens (tertiary/aromatic N) is 2. The second-order valence-electron chi connectivity index (χ2n) is 7.13. The summed E-state index contributed by atoms with van der Waals surface area (Å²) >= 11 is 0. The number of aromatic carboxylic acids is 1. The van der Waals surface area contributed by atoms with Gasteiger partial charge in [-0.15, -0.1) is 0 Å². The maximum Gasteiger partial charge on any atom is 1.00 e. The van der Waals surface area contributed by atoms with Gasteiger partial charge in [0.15, 0.2) is 0 Å². The van der Waals surface area contributed by atoms with Crippen LogP contribution in [0.4, 0.5) is 0 Å². The number of pyridine rings is 2. The molecule has 0 aliphatic heterocycles. The van der Waals surface area contributed by atoms with Gasteiger partial charge < -0.3 is 9.90 Å². The van der Waals surface area contributed by atoms with Crippen molar-refractivity contribution in [2.45, 2.75) is 25.7 Å². The van der Waals surface area contributed by atoms with Crippen molar-refractivity contribution in [3.63, 3.8) is 0 Å². The van der Waals surface area contributed by atoms with Gasteiger partial charge in [0, 0.05) is 11.6 Å². The van der Waals surface area contributed by atoms with E-state index in [0.717, 1.165) is 51.5 Å². The van der Waals surface area contributed by atoms with Crippen LogP contribution in [0.25, 0.3) is 27.5 Å².